The van der Waals surface area contributed by atoms with E-state index >= 15 is 0 Å². The number of nitro benzene ring substituents is 1. The Morgan fingerprint density at radius 3 is 2.72 bits per heavy atom. The highest BCUT2D eigenvalue weighted by Gasteiger charge is 2.39. The van der Waals surface area contributed by atoms with Crippen molar-refractivity contribution in [2.45, 2.75) is 24.8 Å². The summed E-state index contributed by atoms with van der Waals surface area (Å²) in [4.78, 5) is 10.9. The molecular formula is C26H23ClN2O3. The van der Waals surface area contributed by atoms with E-state index in [1.807, 2.05) is 30.3 Å². The molecule has 0 saturated carbocycles. The van der Waals surface area contributed by atoms with Crippen molar-refractivity contribution in [2.75, 3.05) is 11.9 Å². The zero-order valence-electron chi connectivity index (χ0n) is 17.4. The molecule has 162 valence electrons. The van der Waals surface area contributed by atoms with E-state index < -0.39 is 0 Å². The number of ether oxygens (including phenoxy) is 1. The van der Waals surface area contributed by atoms with Crippen LogP contribution in [0, 0.1) is 16.0 Å². The minimum atomic E-state index is -0.375. The minimum absolute atomic E-state index is 0.0571. The molecule has 1 N–H and O–H groups in total. The Morgan fingerprint density at radius 1 is 1.06 bits per heavy atom. The highest BCUT2D eigenvalue weighted by Crippen LogP contribution is 2.51. The highest BCUT2D eigenvalue weighted by atomic mass is 35.5. The molecule has 32 heavy (non-hydrogen) atoms. The highest BCUT2D eigenvalue weighted by molar-refractivity contribution is 6.31. The van der Waals surface area contributed by atoms with Crippen LogP contribution in [0.2, 0.25) is 5.02 Å². The van der Waals surface area contributed by atoms with Crippen LogP contribution < -0.4 is 10.1 Å². The van der Waals surface area contributed by atoms with Crippen LogP contribution in [-0.2, 0) is 6.42 Å². The standard InChI is InChI=1S/C26H23ClN2O3/c27-24-11-9-18(29(30)31)15-23(24)26-21-8-4-7-20(21)22-16-19(10-12-25(22)28-26)32-14-13-17-5-2-1-3-6-17/h1-7,9-12,15-16,20-21,26,28H,8,13-14H2. The van der Waals surface area contributed by atoms with Gasteiger partial charge in [0.25, 0.3) is 5.69 Å². The summed E-state index contributed by atoms with van der Waals surface area (Å²) < 4.78 is 6.05. The molecular weight excluding hydrogens is 424 g/mol. The quantitative estimate of drug-likeness (QED) is 0.260. The minimum Gasteiger partial charge on any atom is -0.493 e. The molecule has 0 bridgehead atoms. The topological polar surface area (TPSA) is 64.4 Å². The van der Waals surface area contributed by atoms with Crippen LogP contribution >= 0.6 is 11.6 Å². The lowest BCUT2D eigenvalue weighted by molar-refractivity contribution is -0.384. The lowest BCUT2D eigenvalue weighted by Crippen LogP contribution is -2.29. The number of rotatable bonds is 6. The molecule has 0 saturated heterocycles. The normalized spacial score (nSPS) is 20.8. The SMILES string of the molecule is O=[N+]([O-])c1ccc(Cl)c(C2Nc3ccc(OCCc4ccccc4)cc3C3C=CCC32)c1. The number of allylic oxidation sites excluding steroid dienone is 2. The maximum Gasteiger partial charge on any atom is 0.269 e. The largest absolute Gasteiger partial charge is 0.493 e. The lowest BCUT2D eigenvalue weighted by Gasteiger charge is -2.38. The maximum atomic E-state index is 11.3. The van der Waals surface area contributed by atoms with Crippen LogP contribution in [-0.4, -0.2) is 11.5 Å². The van der Waals surface area contributed by atoms with E-state index in [2.05, 4.69) is 35.7 Å². The van der Waals surface area contributed by atoms with Gasteiger partial charge in [0.15, 0.2) is 0 Å². The summed E-state index contributed by atoms with van der Waals surface area (Å²) in [6.07, 6.45) is 6.17. The first kappa shape index (κ1) is 20.6. The molecule has 0 amide bonds. The van der Waals surface area contributed by atoms with Crippen molar-refractivity contribution in [3.05, 3.63) is 111 Å². The Bertz CT molecular complexity index is 1180. The van der Waals surface area contributed by atoms with E-state index in [0.29, 0.717) is 11.6 Å². The van der Waals surface area contributed by atoms with Crippen molar-refractivity contribution in [3.8, 4) is 5.75 Å². The number of anilines is 1. The van der Waals surface area contributed by atoms with Crippen LogP contribution in [0.1, 0.15) is 35.1 Å². The number of nitro groups is 1. The van der Waals surface area contributed by atoms with E-state index in [1.165, 1.54) is 17.2 Å². The summed E-state index contributed by atoms with van der Waals surface area (Å²) in [6, 6.07) is 21.0. The summed E-state index contributed by atoms with van der Waals surface area (Å²) in [5, 5.41) is 15.4. The van der Waals surface area contributed by atoms with Gasteiger partial charge in [0.2, 0.25) is 0 Å². The molecule has 0 spiro atoms. The van der Waals surface area contributed by atoms with E-state index in [4.69, 9.17) is 16.3 Å². The predicted molar refractivity (Wildman–Crippen MR) is 127 cm³/mol. The summed E-state index contributed by atoms with van der Waals surface area (Å²) in [5.41, 5.74) is 4.29. The molecule has 5 nitrogen and oxygen atoms in total. The summed E-state index contributed by atoms with van der Waals surface area (Å²) in [5.74, 6) is 1.30. The van der Waals surface area contributed by atoms with Gasteiger partial charge >= 0.3 is 0 Å². The fraction of sp³-hybridized carbons (Fsp3) is 0.231. The molecule has 3 aromatic carbocycles. The fourth-order valence-corrected chi connectivity index (χ4v) is 5.02. The third-order valence-electron chi connectivity index (χ3n) is 6.36. The molecule has 1 heterocycles. The first-order valence-corrected chi connectivity index (χ1v) is 11.2. The van der Waals surface area contributed by atoms with Gasteiger partial charge in [-0.05, 0) is 47.7 Å². The molecule has 6 heteroatoms. The third-order valence-corrected chi connectivity index (χ3v) is 6.71. The molecule has 5 rings (SSSR count). The van der Waals surface area contributed by atoms with Crippen molar-refractivity contribution in [3.63, 3.8) is 0 Å². The van der Waals surface area contributed by atoms with Crippen molar-refractivity contribution in [1.29, 1.82) is 0 Å². The summed E-state index contributed by atoms with van der Waals surface area (Å²) in [6.45, 7) is 0.617. The first-order valence-electron chi connectivity index (χ1n) is 10.8. The van der Waals surface area contributed by atoms with E-state index in [9.17, 15) is 10.1 Å². The summed E-state index contributed by atoms with van der Waals surface area (Å²) in [7, 11) is 0. The van der Waals surface area contributed by atoms with Crippen LogP contribution in [0.3, 0.4) is 0 Å². The van der Waals surface area contributed by atoms with E-state index in [1.54, 1.807) is 12.1 Å². The Morgan fingerprint density at radius 2 is 1.91 bits per heavy atom. The number of hydrogen-bond acceptors (Lipinski definition) is 4. The van der Waals surface area contributed by atoms with Crippen molar-refractivity contribution < 1.29 is 9.66 Å². The zero-order valence-corrected chi connectivity index (χ0v) is 18.2. The number of non-ortho nitro benzene ring substituents is 1. The van der Waals surface area contributed by atoms with Crippen LogP contribution in [0.15, 0.2) is 78.9 Å². The summed E-state index contributed by atoms with van der Waals surface area (Å²) >= 11 is 6.48. The second-order valence-corrected chi connectivity index (χ2v) is 8.68. The molecule has 3 unspecified atom stereocenters. The number of benzene rings is 3. The lowest BCUT2D eigenvalue weighted by atomic mass is 9.77. The van der Waals surface area contributed by atoms with E-state index in [-0.39, 0.29) is 28.5 Å². The fourth-order valence-electron chi connectivity index (χ4n) is 4.78. The molecule has 1 aliphatic heterocycles. The molecule has 0 fully saturated rings. The Balaban J connectivity index is 1.39. The smallest absolute Gasteiger partial charge is 0.269 e. The Hall–Kier alpha value is -3.31. The van der Waals surface area contributed by atoms with Crippen molar-refractivity contribution >= 4 is 23.0 Å². The third kappa shape index (κ3) is 3.96. The van der Waals surface area contributed by atoms with Crippen molar-refractivity contribution in [1.82, 2.24) is 0 Å². The number of nitrogens with zero attached hydrogens (tertiary/aromatic N) is 1. The van der Waals surface area contributed by atoms with Crippen LogP contribution in [0.4, 0.5) is 11.4 Å². The molecule has 2 aliphatic rings. The van der Waals surface area contributed by atoms with Gasteiger partial charge in [0.1, 0.15) is 5.75 Å². The van der Waals surface area contributed by atoms with Gasteiger partial charge in [0.05, 0.1) is 17.6 Å². The number of hydrogen-bond donors (Lipinski definition) is 1. The van der Waals surface area contributed by atoms with Crippen LogP contribution in [0.5, 0.6) is 5.75 Å². The monoisotopic (exact) mass is 446 g/mol. The molecule has 0 radical (unpaired) electrons. The average Bonchev–Trinajstić information content (AvgIpc) is 3.30. The van der Waals surface area contributed by atoms with Gasteiger partial charge < -0.3 is 10.1 Å². The van der Waals surface area contributed by atoms with Gasteiger partial charge in [-0.15, -0.1) is 0 Å². The molecule has 3 atom stereocenters. The zero-order chi connectivity index (χ0) is 22.1. The van der Waals surface area contributed by atoms with Gasteiger partial charge in [0, 0.05) is 40.7 Å². The maximum absolute atomic E-state index is 11.3. The van der Waals surface area contributed by atoms with Gasteiger partial charge in [-0.3, -0.25) is 10.1 Å². The Kier molecular flexibility index (Phi) is 5.58. The number of nitrogens with one attached hydrogen (secondary N) is 1. The predicted octanol–water partition coefficient (Wildman–Crippen LogP) is 6.70. The first-order chi connectivity index (χ1) is 15.6. The van der Waals surface area contributed by atoms with E-state index in [0.717, 1.165) is 29.8 Å². The van der Waals surface area contributed by atoms with Gasteiger partial charge in [-0.1, -0.05) is 54.1 Å². The van der Waals surface area contributed by atoms with Crippen molar-refractivity contribution in [2.24, 2.45) is 5.92 Å². The number of fused-ring (bicyclic) bond motifs is 3. The van der Waals surface area contributed by atoms with Gasteiger partial charge in [-0.25, -0.2) is 0 Å². The average molecular weight is 447 g/mol. The van der Waals surface area contributed by atoms with Crippen LogP contribution in [0.25, 0.3) is 0 Å². The van der Waals surface area contributed by atoms with Gasteiger partial charge in [-0.2, -0.15) is 0 Å². The molecule has 0 aromatic heterocycles. The molecule has 3 aromatic rings. The Labute approximate surface area is 191 Å². The molecule has 1 aliphatic carbocycles. The second kappa shape index (κ2) is 8.67. The number of halogens is 1. The second-order valence-electron chi connectivity index (χ2n) is 8.27.